The molecule has 0 spiro atoms. The van der Waals surface area contributed by atoms with Crippen LogP contribution in [0.15, 0.2) is 11.2 Å². The molecule has 0 amide bonds. The van der Waals surface area contributed by atoms with Crippen molar-refractivity contribution in [1.29, 1.82) is 0 Å². The van der Waals surface area contributed by atoms with Gasteiger partial charge in [-0.3, -0.25) is 0 Å². The average molecular weight is 245 g/mol. The minimum absolute atomic E-state index is 0.135. The highest BCUT2D eigenvalue weighted by Gasteiger charge is 2.17. The first-order valence-corrected chi connectivity index (χ1v) is 6.99. The summed E-state index contributed by atoms with van der Waals surface area (Å²) in [6.45, 7) is 6.32. The molecule has 5 nitrogen and oxygen atoms in total. The Balaban J connectivity index is 2.66. The van der Waals surface area contributed by atoms with Crippen LogP contribution in [0.3, 0.4) is 0 Å². The number of hydrogen-bond donors (Lipinski definition) is 2. The fraction of sp³-hybridized carbons (Fsp3) is 0.700. The highest BCUT2D eigenvalue weighted by molar-refractivity contribution is 7.89. The lowest BCUT2D eigenvalue weighted by atomic mass is 10.0. The van der Waals surface area contributed by atoms with E-state index in [0.29, 0.717) is 18.3 Å². The number of imidazole rings is 1. The molecule has 0 saturated carbocycles. The van der Waals surface area contributed by atoms with Crippen LogP contribution in [-0.4, -0.2) is 24.9 Å². The Morgan fingerprint density at radius 3 is 2.50 bits per heavy atom. The van der Waals surface area contributed by atoms with E-state index in [1.54, 1.807) is 6.92 Å². The number of hydrogen-bond acceptors (Lipinski definition) is 3. The summed E-state index contributed by atoms with van der Waals surface area (Å²) in [5.41, 5.74) is 0. The second-order valence-corrected chi connectivity index (χ2v) is 5.60. The normalized spacial score (nSPS) is 12.2. The second kappa shape index (κ2) is 5.45. The van der Waals surface area contributed by atoms with Crippen molar-refractivity contribution in [3.8, 4) is 0 Å². The Labute approximate surface area is 96.7 Å². The number of H-pyrrole nitrogens is 1. The third-order valence-corrected chi connectivity index (χ3v) is 4.02. The number of nitrogens with zero attached hydrogens (tertiary/aromatic N) is 1. The molecule has 0 bridgehead atoms. The summed E-state index contributed by atoms with van der Waals surface area (Å²) in [7, 11) is -3.42. The summed E-state index contributed by atoms with van der Waals surface area (Å²) >= 11 is 0. The average Bonchev–Trinajstić information content (AvgIpc) is 2.67. The first-order chi connectivity index (χ1) is 7.49. The molecule has 1 heterocycles. The molecule has 0 saturated heterocycles. The lowest BCUT2D eigenvalue weighted by Gasteiger charge is -2.12. The molecule has 6 heteroatoms. The molecule has 0 aliphatic heterocycles. The summed E-state index contributed by atoms with van der Waals surface area (Å²) in [4.78, 5) is 6.59. The summed E-state index contributed by atoms with van der Waals surface area (Å²) in [5.74, 6) is 0.988. The van der Waals surface area contributed by atoms with Crippen molar-refractivity contribution >= 4 is 10.0 Å². The lowest BCUT2D eigenvalue weighted by Crippen LogP contribution is -2.29. The largest absolute Gasteiger partial charge is 0.332 e. The van der Waals surface area contributed by atoms with Gasteiger partial charge in [-0.05, 0) is 12.8 Å². The van der Waals surface area contributed by atoms with E-state index >= 15 is 0 Å². The molecule has 0 atom stereocenters. The Morgan fingerprint density at radius 1 is 1.44 bits per heavy atom. The first kappa shape index (κ1) is 13.2. The van der Waals surface area contributed by atoms with Crippen LogP contribution in [0.25, 0.3) is 0 Å². The highest BCUT2D eigenvalue weighted by Crippen LogP contribution is 2.09. The predicted molar refractivity (Wildman–Crippen MR) is 62.6 cm³/mol. The van der Waals surface area contributed by atoms with Crippen molar-refractivity contribution in [1.82, 2.24) is 14.7 Å². The molecule has 16 heavy (non-hydrogen) atoms. The molecular weight excluding hydrogens is 226 g/mol. The van der Waals surface area contributed by atoms with E-state index in [0.717, 1.165) is 12.8 Å². The zero-order chi connectivity index (χ0) is 12.2. The van der Waals surface area contributed by atoms with Gasteiger partial charge in [-0.25, -0.2) is 18.1 Å². The lowest BCUT2D eigenvalue weighted by molar-refractivity contribution is 0.478. The van der Waals surface area contributed by atoms with E-state index in [-0.39, 0.29) is 5.03 Å². The van der Waals surface area contributed by atoms with Crippen LogP contribution in [0.5, 0.6) is 0 Å². The van der Waals surface area contributed by atoms with Gasteiger partial charge < -0.3 is 4.98 Å². The Kier molecular flexibility index (Phi) is 4.49. The summed E-state index contributed by atoms with van der Waals surface area (Å²) in [5, 5.41) is 0.135. The molecule has 1 aromatic heterocycles. The van der Waals surface area contributed by atoms with Gasteiger partial charge in [-0.2, -0.15) is 0 Å². The van der Waals surface area contributed by atoms with Crippen molar-refractivity contribution in [3.05, 3.63) is 12.0 Å². The van der Waals surface area contributed by atoms with Crippen LogP contribution < -0.4 is 4.72 Å². The Morgan fingerprint density at radius 2 is 2.06 bits per heavy atom. The minimum Gasteiger partial charge on any atom is -0.332 e. The van der Waals surface area contributed by atoms with Gasteiger partial charge in [0.15, 0.2) is 5.03 Å². The van der Waals surface area contributed by atoms with Crippen molar-refractivity contribution in [2.45, 2.75) is 38.6 Å². The molecule has 0 radical (unpaired) electrons. The number of nitrogens with one attached hydrogen (secondary N) is 2. The van der Waals surface area contributed by atoms with Crippen LogP contribution in [0.2, 0.25) is 0 Å². The van der Waals surface area contributed by atoms with E-state index < -0.39 is 10.0 Å². The van der Waals surface area contributed by atoms with Gasteiger partial charge in [0.25, 0.3) is 10.0 Å². The summed E-state index contributed by atoms with van der Waals surface area (Å²) in [6, 6.07) is 0. The van der Waals surface area contributed by atoms with Crippen LogP contribution in [-0.2, 0) is 10.0 Å². The molecule has 0 aliphatic rings. The molecule has 0 aliphatic carbocycles. The van der Waals surface area contributed by atoms with Crippen LogP contribution in [0.1, 0.15) is 32.5 Å². The SMILES string of the molecule is CCC(CC)CNS(=O)(=O)c1cnc(C)[nH]1. The molecule has 1 rings (SSSR count). The fourth-order valence-electron chi connectivity index (χ4n) is 1.42. The van der Waals surface area contributed by atoms with Crippen molar-refractivity contribution in [3.63, 3.8) is 0 Å². The van der Waals surface area contributed by atoms with Crippen molar-refractivity contribution in [2.75, 3.05) is 6.54 Å². The van der Waals surface area contributed by atoms with Gasteiger partial charge in [-0.1, -0.05) is 26.7 Å². The third-order valence-electron chi connectivity index (χ3n) is 2.69. The second-order valence-electron chi connectivity index (χ2n) is 3.87. The maximum absolute atomic E-state index is 11.8. The third kappa shape index (κ3) is 3.31. The molecule has 2 N–H and O–H groups in total. The molecule has 0 fully saturated rings. The quantitative estimate of drug-likeness (QED) is 0.796. The van der Waals surface area contributed by atoms with Crippen LogP contribution in [0, 0.1) is 12.8 Å². The van der Waals surface area contributed by atoms with Gasteiger partial charge in [0, 0.05) is 6.54 Å². The summed E-state index contributed by atoms with van der Waals surface area (Å²) in [6.07, 6.45) is 3.28. The molecule has 92 valence electrons. The van der Waals surface area contributed by atoms with Gasteiger partial charge in [-0.15, -0.1) is 0 Å². The number of aromatic amines is 1. The van der Waals surface area contributed by atoms with Crippen LogP contribution >= 0.6 is 0 Å². The number of aryl methyl sites for hydroxylation is 1. The zero-order valence-corrected chi connectivity index (χ0v) is 10.8. The number of aromatic nitrogens is 2. The number of sulfonamides is 1. The highest BCUT2D eigenvalue weighted by atomic mass is 32.2. The molecule has 0 unspecified atom stereocenters. The van der Waals surface area contributed by atoms with Gasteiger partial charge in [0.2, 0.25) is 0 Å². The topological polar surface area (TPSA) is 74.8 Å². The smallest absolute Gasteiger partial charge is 0.257 e. The van der Waals surface area contributed by atoms with Crippen LogP contribution in [0.4, 0.5) is 0 Å². The zero-order valence-electron chi connectivity index (χ0n) is 9.95. The molecule has 0 aromatic carbocycles. The van der Waals surface area contributed by atoms with E-state index in [9.17, 15) is 8.42 Å². The minimum atomic E-state index is -3.42. The summed E-state index contributed by atoms with van der Waals surface area (Å²) < 4.78 is 26.2. The van der Waals surface area contributed by atoms with E-state index in [4.69, 9.17) is 0 Å². The van der Waals surface area contributed by atoms with Crippen molar-refractivity contribution in [2.24, 2.45) is 5.92 Å². The molecule has 1 aromatic rings. The van der Waals surface area contributed by atoms with Gasteiger partial charge in [0.1, 0.15) is 5.82 Å². The fourth-order valence-corrected chi connectivity index (χ4v) is 2.50. The van der Waals surface area contributed by atoms with Crippen molar-refractivity contribution < 1.29 is 8.42 Å². The molecular formula is C10H19N3O2S. The van der Waals surface area contributed by atoms with E-state index in [2.05, 4.69) is 28.5 Å². The first-order valence-electron chi connectivity index (χ1n) is 5.50. The van der Waals surface area contributed by atoms with Gasteiger partial charge in [0.05, 0.1) is 6.20 Å². The van der Waals surface area contributed by atoms with E-state index in [1.807, 2.05) is 0 Å². The van der Waals surface area contributed by atoms with Gasteiger partial charge >= 0.3 is 0 Å². The Bertz CT molecular complexity index is 421. The Hall–Kier alpha value is -0.880. The maximum atomic E-state index is 11.8. The standard InChI is InChI=1S/C10H19N3O2S/c1-4-9(5-2)6-12-16(14,15)10-7-11-8(3)13-10/h7,9,12H,4-6H2,1-3H3,(H,11,13). The predicted octanol–water partition coefficient (Wildman–Crippen LogP) is 1.43. The van der Waals surface area contributed by atoms with E-state index in [1.165, 1.54) is 6.20 Å². The maximum Gasteiger partial charge on any atom is 0.257 e. The number of rotatable bonds is 6. The monoisotopic (exact) mass is 245 g/mol.